The van der Waals surface area contributed by atoms with E-state index in [0.29, 0.717) is 28.1 Å². The molecule has 4 rings (SSSR count). The molecule has 0 saturated heterocycles. The van der Waals surface area contributed by atoms with Crippen LogP contribution in [0, 0.1) is 0 Å². The predicted octanol–water partition coefficient (Wildman–Crippen LogP) is 4.07. The first kappa shape index (κ1) is 19.7. The number of carbonyl (C=O) groups excluding carboxylic acids is 1. The van der Waals surface area contributed by atoms with Crippen LogP contribution >= 0.6 is 11.6 Å². The van der Waals surface area contributed by atoms with Crippen LogP contribution in [-0.2, 0) is 16.0 Å². The average Bonchev–Trinajstić information content (AvgIpc) is 3.44. The van der Waals surface area contributed by atoms with Gasteiger partial charge in [0.1, 0.15) is 0 Å². The average molecular weight is 426 g/mol. The molecule has 0 spiro atoms. The van der Waals surface area contributed by atoms with Crippen molar-refractivity contribution in [2.24, 2.45) is 0 Å². The molecule has 0 aliphatic rings. The lowest BCUT2D eigenvalue weighted by Crippen LogP contribution is -2.10. The van der Waals surface area contributed by atoms with Crippen LogP contribution in [0.15, 0.2) is 57.8 Å². The zero-order valence-electron chi connectivity index (χ0n) is 15.9. The summed E-state index contributed by atoms with van der Waals surface area (Å²) in [4.78, 5) is 24.7. The van der Waals surface area contributed by atoms with Crippen molar-refractivity contribution in [1.29, 1.82) is 0 Å². The lowest BCUT2D eigenvalue weighted by atomic mass is 10.2. The van der Waals surface area contributed by atoms with Gasteiger partial charge in [0.25, 0.3) is 5.89 Å². The standard InChI is InChI=1S/C20H16ClN5O4/c1-12(20-24-19(26-30-20)14-3-2-10-22-11-14)28-17(27)9-8-16-23-18(25-29-16)13-4-6-15(21)7-5-13/h2-7,10-12H,8-9H2,1H3. The van der Waals surface area contributed by atoms with Crippen LogP contribution in [0.2, 0.25) is 5.02 Å². The van der Waals surface area contributed by atoms with E-state index in [1.807, 2.05) is 0 Å². The molecule has 0 fully saturated rings. The number of carbonyl (C=O) groups is 1. The van der Waals surface area contributed by atoms with Gasteiger partial charge >= 0.3 is 5.97 Å². The summed E-state index contributed by atoms with van der Waals surface area (Å²) in [5.41, 5.74) is 1.48. The van der Waals surface area contributed by atoms with Crippen molar-refractivity contribution in [1.82, 2.24) is 25.3 Å². The SMILES string of the molecule is CC(OC(=O)CCc1nc(-c2ccc(Cl)cc2)no1)c1nc(-c2cccnc2)no1. The molecule has 3 heterocycles. The zero-order chi connectivity index (χ0) is 20.9. The van der Waals surface area contributed by atoms with Crippen LogP contribution in [0.4, 0.5) is 0 Å². The van der Waals surface area contributed by atoms with Crippen molar-refractivity contribution in [3.8, 4) is 22.8 Å². The fourth-order valence-corrected chi connectivity index (χ4v) is 2.73. The number of halogens is 1. The van der Waals surface area contributed by atoms with E-state index in [0.717, 1.165) is 5.56 Å². The topological polar surface area (TPSA) is 117 Å². The Bertz CT molecular complexity index is 1130. The number of benzene rings is 1. The van der Waals surface area contributed by atoms with Crippen LogP contribution in [0.25, 0.3) is 22.8 Å². The second-order valence-corrected chi connectivity index (χ2v) is 6.79. The number of nitrogens with zero attached hydrogens (tertiary/aromatic N) is 5. The second kappa shape index (κ2) is 8.83. The molecule has 0 saturated carbocycles. The number of hydrogen-bond acceptors (Lipinski definition) is 9. The third-order valence-electron chi connectivity index (χ3n) is 4.13. The highest BCUT2D eigenvalue weighted by molar-refractivity contribution is 6.30. The quantitative estimate of drug-likeness (QED) is 0.403. The first-order valence-corrected chi connectivity index (χ1v) is 9.48. The van der Waals surface area contributed by atoms with Crippen molar-refractivity contribution < 1.29 is 18.6 Å². The number of hydrogen-bond donors (Lipinski definition) is 0. The molecule has 10 heteroatoms. The van der Waals surface area contributed by atoms with E-state index in [-0.39, 0.29) is 18.7 Å². The lowest BCUT2D eigenvalue weighted by molar-refractivity contribution is -0.149. The fourth-order valence-electron chi connectivity index (χ4n) is 2.60. The summed E-state index contributed by atoms with van der Waals surface area (Å²) < 4.78 is 15.7. The van der Waals surface area contributed by atoms with E-state index in [2.05, 4.69) is 25.3 Å². The number of ether oxygens (including phenoxy) is 1. The smallest absolute Gasteiger partial charge is 0.307 e. The van der Waals surface area contributed by atoms with Crippen molar-refractivity contribution >= 4 is 17.6 Å². The molecular weight excluding hydrogens is 410 g/mol. The summed E-state index contributed by atoms with van der Waals surface area (Å²) in [5, 5.41) is 8.42. The Hall–Kier alpha value is -3.59. The number of rotatable bonds is 7. The van der Waals surface area contributed by atoms with Crippen molar-refractivity contribution in [3.05, 3.63) is 65.6 Å². The van der Waals surface area contributed by atoms with Gasteiger partial charge in [0.2, 0.25) is 17.5 Å². The molecular formula is C20H16ClN5O4. The van der Waals surface area contributed by atoms with Gasteiger partial charge in [0.15, 0.2) is 6.10 Å². The summed E-state index contributed by atoms with van der Waals surface area (Å²) in [6.07, 6.45) is 2.89. The second-order valence-electron chi connectivity index (χ2n) is 6.35. The van der Waals surface area contributed by atoms with Gasteiger partial charge in [-0.2, -0.15) is 9.97 Å². The fraction of sp³-hybridized carbons (Fsp3) is 0.200. The molecule has 0 N–H and O–H groups in total. The van der Waals surface area contributed by atoms with Gasteiger partial charge < -0.3 is 13.8 Å². The summed E-state index contributed by atoms with van der Waals surface area (Å²) in [6, 6.07) is 10.6. The Morgan fingerprint density at radius 2 is 1.83 bits per heavy atom. The van der Waals surface area contributed by atoms with E-state index in [1.165, 1.54) is 0 Å². The highest BCUT2D eigenvalue weighted by Crippen LogP contribution is 2.21. The first-order valence-electron chi connectivity index (χ1n) is 9.10. The van der Waals surface area contributed by atoms with Gasteiger partial charge in [-0.1, -0.05) is 21.9 Å². The van der Waals surface area contributed by atoms with Crippen LogP contribution in [0.3, 0.4) is 0 Å². The number of aryl methyl sites for hydroxylation is 1. The summed E-state index contributed by atoms with van der Waals surface area (Å²) in [5.74, 6) is 0.889. The molecule has 0 aliphatic carbocycles. The Morgan fingerprint density at radius 1 is 1.07 bits per heavy atom. The zero-order valence-corrected chi connectivity index (χ0v) is 16.6. The highest BCUT2D eigenvalue weighted by atomic mass is 35.5. The van der Waals surface area contributed by atoms with Crippen molar-refractivity contribution in [3.63, 3.8) is 0 Å². The van der Waals surface area contributed by atoms with Crippen LogP contribution in [0.5, 0.6) is 0 Å². The largest absolute Gasteiger partial charge is 0.453 e. The Kier molecular flexibility index (Phi) is 5.80. The molecule has 4 aromatic rings. The summed E-state index contributed by atoms with van der Waals surface area (Å²) in [6.45, 7) is 1.66. The first-order chi connectivity index (χ1) is 14.6. The molecule has 1 unspecified atom stereocenters. The minimum absolute atomic E-state index is 0.0657. The maximum absolute atomic E-state index is 12.2. The molecule has 0 bridgehead atoms. The van der Waals surface area contributed by atoms with Gasteiger partial charge in [-0.05, 0) is 43.3 Å². The van der Waals surface area contributed by atoms with Gasteiger partial charge in [-0.3, -0.25) is 9.78 Å². The summed E-state index contributed by atoms with van der Waals surface area (Å²) >= 11 is 5.87. The number of esters is 1. The van der Waals surface area contributed by atoms with Crippen molar-refractivity contribution in [2.75, 3.05) is 0 Å². The molecule has 1 atom stereocenters. The van der Waals surface area contributed by atoms with Crippen LogP contribution < -0.4 is 0 Å². The lowest BCUT2D eigenvalue weighted by Gasteiger charge is -2.08. The van der Waals surface area contributed by atoms with Crippen LogP contribution in [0.1, 0.15) is 31.2 Å². The van der Waals surface area contributed by atoms with E-state index in [1.54, 1.807) is 55.7 Å². The molecule has 30 heavy (non-hydrogen) atoms. The van der Waals surface area contributed by atoms with E-state index < -0.39 is 12.1 Å². The molecule has 1 aromatic carbocycles. The monoisotopic (exact) mass is 425 g/mol. The maximum Gasteiger partial charge on any atom is 0.307 e. The Morgan fingerprint density at radius 3 is 2.60 bits per heavy atom. The van der Waals surface area contributed by atoms with Crippen molar-refractivity contribution in [2.45, 2.75) is 25.9 Å². The molecule has 0 amide bonds. The molecule has 9 nitrogen and oxygen atoms in total. The maximum atomic E-state index is 12.2. The highest BCUT2D eigenvalue weighted by Gasteiger charge is 2.20. The molecule has 152 valence electrons. The molecule has 0 radical (unpaired) electrons. The third kappa shape index (κ3) is 4.69. The van der Waals surface area contributed by atoms with E-state index in [9.17, 15) is 4.79 Å². The third-order valence-corrected chi connectivity index (χ3v) is 4.38. The Labute approximate surface area is 176 Å². The Balaban J connectivity index is 1.31. The van der Waals surface area contributed by atoms with Gasteiger partial charge in [-0.15, -0.1) is 0 Å². The normalized spacial score (nSPS) is 11.9. The van der Waals surface area contributed by atoms with Gasteiger partial charge in [0, 0.05) is 35.0 Å². The molecule has 0 aliphatic heterocycles. The minimum Gasteiger partial charge on any atom is -0.453 e. The minimum atomic E-state index is -0.692. The predicted molar refractivity (Wildman–Crippen MR) is 105 cm³/mol. The van der Waals surface area contributed by atoms with E-state index in [4.69, 9.17) is 25.4 Å². The molecule has 3 aromatic heterocycles. The van der Waals surface area contributed by atoms with Gasteiger partial charge in [0.05, 0.1) is 6.42 Å². The van der Waals surface area contributed by atoms with E-state index >= 15 is 0 Å². The van der Waals surface area contributed by atoms with Gasteiger partial charge in [-0.25, -0.2) is 0 Å². The summed E-state index contributed by atoms with van der Waals surface area (Å²) in [7, 11) is 0. The van der Waals surface area contributed by atoms with Crippen LogP contribution in [-0.4, -0.2) is 31.2 Å². The number of aromatic nitrogens is 5. The number of pyridine rings is 1.